The molecule has 1 saturated heterocycles. The van der Waals surface area contributed by atoms with Crippen molar-refractivity contribution in [1.29, 1.82) is 0 Å². The largest absolute Gasteiger partial charge is 0.490 e. The van der Waals surface area contributed by atoms with Crippen molar-refractivity contribution in [3.8, 4) is 17.6 Å². The van der Waals surface area contributed by atoms with Gasteiger partial charge in [-0.1, -0.05) is 29.5 Å². The highest BCUT2D eigenvalue weighted by Crippen LogP contribution is 2.21. The molecule has 0 unspecified atom stereocenters. The molecule has 25 heavy (non-hydrogen) atoms. The lowest BCUT2D eigenvalue weighted by Gasteiger charge is -2.31. The molecule has 1 heterocycles. The Bertz CT molecular complexity index is 740. The van der Waals surface area contributed by atoms with Crippen LogP contribution in [0.5, 0.6) is 5.75 Å². The second-order valence-electron chi connectivity index (χ2n) is 6.29. The van der Waals surface area contributed by atoms with Crippen molar-refractivity contribution in [1.82, 2.24) is 4.90 Å². The number of nitrogens with two attached hydrogens (primary N) is 1. The number of rotatable bonds is 4. The lowest BCUT2D eigenvalue weighted by Crippen LogP contribution is -2.38. The Labute approximate surface area is 154 Å². The van der Waals surface area contributed by atoms with E-state index < -0.39 is 0 Å². The number of likely N-dealkylation sites (tertiary alicyclic amines) is 1. The molecule has 1 fully saturated rings. The fraction of sp³-hybridized carbons (Fsp3) is 0.333. The van der Waals surface area contributed by atoms with E-state index >= 15 is 0 Å². The average Bonchev–Trinajstić information content (AvgIpc) is 2.62. The Morgan fingerprint density at radius 3 is 2.60 bits per heavy atom. The Balaban J connectivity index is 1.39. The zero-order valence-electron chi connectivity index (χ0n) is 14.2. The van der Waals surface area contributed by atoms with E-state index in [9.17, 15) is 0 Å². The molecule has 0 aliphatic carbocycles. The molecule has 2 aromatic carbocycles. The van der Waals surface area contributed by atoms with Crippen molar-refractivity contribution < 1.29 is 4.74 Å². The van der Waals surface area contributed by atoms with Crippen molar-refractivity contribution in [3.05, 3.63) is 59.1 Å². The topological polar surface area (TPSA) is 38.5 Å². The normalized spacial score (nSPS) is 15.4. The van der Waals surface area contributed by atoms with Gasteiger partial charge in [0, 0.05) is 42.3 Å². The number of hydrogen-bond acceptors (Lipinski definition) is 3. The standard InChI is InChI=1S/C21H23ClN2O/c22-18-7-9-20(10-8-18)25-21-11-14-24(15-12-21)13-2-1-4-17-5-3-6-19(23)16-17/h3,5-10,16,21H,2,11-15,23H2. The Morgan fingerprint density at radius 2 is 1.88 bits per heavy atom. The van der Waals surface area contributed by atoms with Gasteiger partial charge >= 0.3 is 0 Å². The number of piperidine rings is 1. The van der Waals surface area contributed by atoms with Crippen LogP contribution in [0.1, 0.15) is 24.8 Å². The van der Waals surface area contributed by atoms with Crippen LogP contribution in [-0.4, -0.2) is 30.6 Å². The van der Waals surface area contributed by atoms with Gasteiger partial charge in [-0.05, 0) is 55.3 Å². The lowest BCUT2D eigenvalue weighted by molar-refractivity contribution is 0.102. The minimum absolute atomic E-state index is 0.288. The zero-order valence-corrected chi connectivity index (χ0v) is 15.0. The first-order valence-electron chi connectivity index (χ1n) is 8.68. The van der Waals surface area contributed by atoms with Crippen molar-refractivity contribution in [2.45, 2.75) is 25.4 Å². The van der Waals surface area contributed by atoms with Gasteiger partial charge < -0.3 is 15.4 Å². The number of benzene rings is 2. The number of halogens is 1. The number of ether oxygens (including phenoxy) is 1. The first kappa shape index (κ1) is 17.7. The molecule has 2 aromatic rings. The molecule has 0 spiro atoms. The quantitative estimate of drug-likeness (QED) is 0.660. The molecule has 0 aromatic heterocycles. The summed E-state index contributed by atoms with van der Waals surface area (Å²) in [5.74, 6) is 7.32. The van der Waals surface area contributed by atoms with Crippen molar-refractivity contribution >= 4 is 17.3 Å². The maximum absolute atomic E-state index is 6.03. The summed E-state index contributed by atoms with van der Waals surface area (Å²) in [6, 6.07) is 15.3. The van der Waals surface area contributed by atoms with Gasteiger partial charge in [0.15, 0.2) is 0 Å². The summed E-state index contributed by atoms with van der Waals surface area (Å²) in [5.41, 5.74) is 7.50. The van der Waals surface area contributed by atoms with Crippen LogP contribution >= 0.6 is 11.6 Å². The van der Waals surface area contributed by atoms with Gasteiger partial charge in [-0.25, -0.2) is 0 Å². The molecule has 1 aliphatic heterocycles. The SMILES string of the molecule is Nc1cccc(C#CCCN2CCC(Oc3ccc(Cl)cc3)CC2)c1. The van der Waals surface area contributed by atoms with Crippen LogP contribution in [0.3, 0.4) is 0 Å². The summed E-state index contributed by atoms with van der Waals surface area (Å²) >= 11 is 5.90. The highest BCUT2D eigenvalue weighted by Gasteiger charge is 2.19. The second-order valence-corrected chi connectivity index (χ2v) is 6.73. The maximum atomic E-state index is 6.03. The summed E-state index contributed by atoms with van der Waals surface area (Å²) in [6.07, 6.45) is 3.25. The van der Waals surface area contributed by atoms with Gasteiger partial charge in [-0.2, -0.15) is 0 Å². The first-order chi connectivity index (χ1) is 12.2. The Morgan fingerprint density at radius 1 is 1.12 bits per heavy atom. The number of nitrogens with zero attached hydrogens (tertiary/aromatic N) is 1. The molecular weight excluding hydrogens is 332 g/mol. The number of nitrogen functional groups attached to an aromatic ring is 1. The second kappa shape index (κ2) is 8.80. The summed E-state index contributed by atoms with van der Waals surface area (Å²) < 4.78 is 6.03. The molecule has 0 radical (unpaired) electrons. The highest BCUT2D eigenvalue weighted by atomic mass is 35.5. The molecule has 0 amide bonds. The Kier molecular flexibility index (Phi) is 6.22. The van der Waals surface area contributed by atoms with Crippen LogP contribution in [0, 0.1) is 11.8 Å². The molecule has 3 rings (SSSR count). The third kappa shape index (κ3) is 5.70. The van der Waals surface area contributed by atoms with Gasteiger partial charge in [0.05, 0.1) is 0 Å². The summed E-state index contributed by atoms with van der Waals surface area (Å²) in [7, 11) is 0. The first-order valence-corrected chi connectivity index (χ1v) is 9.06. The molecular formula is C21H23ClN2O. The number of anilines is 1. The monoisotopic (exact) mass is 354 g/mol. The fourth-order valence-electron chi connectivity index (χ4n) is 2.95. The van der Waals surface area contributed by atoms with Crippen LogP contribution < -0.4 is 10.5 Å². The number of hydrogen-bond donors (Lipinski definition) is 1. The van der Waals surface area contributed by atoms with Gasteiger partial charge in [0.25, 0.3) is 0 Å². The van der Waals surface area contributed by atoms with Gasteiger partial charge in [-0.3, -0.25) is 0 Å². The Hall–Kier alpha value is -2.15. The van der Waals surface area contributed by atoms with Crippen LogP contribution in [0.25, 0.3) is 0 Å². The minimum Gasteiger partial charge on any atom is -0.490 e. The van der Waals surface area contributed by atoms with Crippen LogP contribution in [-0.2, 0) is 0 Å². The van der Waals surface area contributed by atoms with E-state index in [1.54, 1.807) is 0 Å². The zero-order chi connectivity index (χ0) is 17.5. The minimum atomic E-state index is 0.288. The summed E-state index contributed by atoms with van der Waals surface area (Å²) in [6.45, 7) is 3.11. The van der Waals surface area contributed by atoms with Gasteiger partial charge in [0.1, 0.15) is 11.9 Å². The van der Waals surface area contributed by atoms with E-state index in [4.69, 9.17) is 22.1 Å². The van der Waals surface area contributed by atoms with Crippen molar-refractivity contribution in [2.24, 2.45) is 0 Å². The van der Waals surface area contributed by atoms with E-state index in [1.807, 2.05) is 48.5 Å². The average molecular weight is 355 g/mol. The van der Waals surface area contributed by atoms with Crippen LogP contribution in [0.4, 0.5) is 5.69 Å². The molecule has 0 atom stereocenters. The van der Waals surface area contributed by atoms with E-state index in [0.717, 1.165) is 60.9 Å². The molecule has 3 nitrogen and oxygen atoms in total. The fourth-order valence-corrected chi connectivity index (χ4v) is 3.08. The molecule has 1 aliphatic rings. The molecule has 4 heteroatoms. The van der Waals surface area contributed by atoms with E-state index in [2.05, 4.69) is 16.7 Å². The maximum Gasteiger partial charge on any atom is 0.119 e. The predicted octanol–water partition coefficient (Wildman–Crippen LogP) is 4.21. The molecule has 2 N–H and O–H groups in total. The van der Waals surface area contributed by atoms with Gasteiger partial charge in [-0.15, -0.1) is 0 Å². The third-order valence-electron chi connectivity index (χ3n) is 4.32. The smallest absolute Gasteiger partial charge is 0.119 e. The lowest BCUT2D eigenvalue weighted by atomic mass is 10.1. The van der Waals surface area contributed by atoms with E-state index in [0.29, 0.717) is 0 Å². The third-order valence-corrected chi connectivity index (χ3v) is 4.58. The molecule has 0 saturated carbocycles. The highest BCUT2D eigenvalue weighted by molar-refractivity contribution is 6.30. The molecule has 0 bridgehead atoms. The summed E-state index contributed by atoms with van der Waals surface area (Å²) in [5, 5.41) is 0.737. The van der Waals surface area contributed by atoms with E-state index in [1.165, 1.54) is 0 Å². The predicted molar refractivity (Wildman–Crippen MR) is 104 cm³/mol. The summed E-state index contributed by atoms with van der Waals surface area (Å²) in [4.78, 5) is 2.45. The van der Waals surface area contributed by atoms with Crippen molar-refractivity contribution in [3.63, 3.8) is 0 Å². The van der Waals surface area contributed by atoms with Crippen LogP contribution in [0.2, 0.25) is 5.02 Å². The van der Waals surface area contributed by atoms with Crippen molar-refractivity contribution in [2.75, 3.05) is 25.4 Å². The molecule has 130 valence electrons. The van der Waals surface area contributed by atoms with Gasteiger partial charge in [0.2, 0.25) is 0 Å². The van der Waals surface area contributed by atoms with E-state index in [-0.39, 0.29) is 6.10 Å². The van der Waals surface area contributed by atoms with Crippen LogP contribution in [0.15, 0.2) is 48.5 Å².